The van der Waals surface area contributed by atoms with Crippen LogP contribution in [-0.2, 0) is 6.54 Å². The molecule has 0 aliphatic heterocycles. The Labute approximate surface area is 115 Å². The van der Waals surface area contributed by atoms with E-state index in [9.17, 15) is 0 Å². The van der Waals surface area contributed by atoms with E-state index in [1.54, 1.807) is 0 Å². The number of hydrogen-bond acceptors (Lipinski definition) is 4. The van der Waals surface area contributed by atoms with Crippen molar-refractivity contribution in [1.82, 2.24) is 25.5 Å². The van der Waals surface area contributed by atoms with Crippen LogP contribution in [0.5, 0.6) is 0 Å². The van der Waals surface area contributed by atoms with E-state index in [2.05, 4.69) is 46.3 Å². The quantitative estimate of drug-likeness (QED) is 0.884. The Morgan fingerprint density at radius 3 is 2.74 bits per heavy atom. The van der Waals surface area contributed by atoms with Crippen LogP contribution in [0.2, 0.25) is 0 Å². The number of nitrogens with zero attached hydrogens (tertiary/aromatic N) is 4. The molecule has 2 aliphatic carbocycles. The van der Waals surface area contributed by atoms with Crippen molar-refractivity contribution in [2.45, 2.75) is 65.1 Å². The van der Waals surface area contributed by atoms with Crippen LogP contribution in [0.25, 0.3) is 0 Å². The molecule has 2 aliphatic rings. The van der Waals surface area contributed by atoms with Crippen LogP contribution in [0.3, 0.4) is 0 Å². The lowest BCUT2D eigenvalue weighted by atomic mass is 9.84. The minimum absolute atomic E-state index is 0.439. The number of nitrogens with one attached hydrogen (secondary N) is 1. The molecule has 2 saturated carbocycles. The van der Waals surface area contributed by atoms with Gasteiger partial charge in [-0.3, -0.25) is 0 Å². The largest absolute Gasteiger partial charge is 0.308 e. The summed E-state index contributed by atoms with van der Waals surface area (Å²) in [5, 5.41) is 15.7. The van der Waals surface area contributed by atoms with Gasteiger partial charge in [0.15, 0.2) is 5.82 Å². The molecule has 2 fully saturated rings. The van der Waals surface area contributed by atoms with Crippen molar-refractivity contribution < 1.29 is 0 Å². The van der Waals surface area contributed by atoms with Gasteiger partial charge in [0, 0.05) is 6.04 Å². The Balaban J connectivity index is 1.69. The second-order valence-corrected chi connectivity index (χ2v) is 6.65. The first-order valence-electron chi connectivity index (χ1n) is 7.65. The number of fused-ring (bicyclic) bond motifs is 2. The van der Waals surface area contributed by atoms with Gasteiger partial charge in [0.05, 0.1) is 12.6 Å². The molecule has 0 amide bonds. The van der Waals surface area contributed by atoms with Crippen molar-refractivity contribution in [2.24, 2.45) is 17.8 Å². The van der Waals surface area contributed by atoms with Crippen molar-refractivity contribution in [1.29, 1.82) is 0 Å². The lowest BCUT2D eigenvalue weighted by molar-refractivity contribution is 0.223. The van der Waals surface area contributed by atoms with Gasteiger partial charge in [-0.1, -0.05) is 20.3 Å². The van der Waals surface area contributed by atoms with Gasteiger partial charge in [-0.05, 0) is 54.4 Å². The average molecular weight is 263 g/mol. The van der Waals surface area contributed by atoms with Crippen LogP contribution < -0.4 is 5.32 Å². The minimum atomic E-state index is 0.439. The van der Waals surface area contributed by atoms with Crippen LogP contribution in [0.4, 0.5) is 0 Å². The summed E-state index contributed by atoms with van der Waals surface area (Å²) < 4.78 is 2.06. The Morgan fingerprint density at radius 1 is 1.26 bits per heavy atom. The average Bonchev–Trinajstić information content (AvgIpc) is 3.10. The Bertz CT molecular complexity index is 427. The normalized spacial score (nSPS) is 31.3. The van der Waals surface area contributed by atoms with E-state index in [0.29, 0.717) is 12.1 Å². The summed E-state index contributed by atoms with van der Waals surface area (Å²) in [7, 11) is 0. The van der Waals surface area contributed by atoms with Crippen molar-refractivity contribution in [3.05, 3.63) is 5.82 Å². The zero-order valence-electron chi connectivity index (χ0n) is 12.2. The molecule has 5 nitrogen and oxygen atoms in total. The van der Waals surface area contributed by atoms with Crippen LogP contribution in [-0.4, -0.2) is 26.2 Å². The fourth-order valence-electron chi connectivity index (χ4n) is 4.01. The van der Waals surface area contributed by atoms with E-state index < -0.39 is 0 Å². The van der Waals surface area contributed by atoms with Gasteiger partial charge in [-0.2, -0.15) is 0 Å². The van der Waals surface area contributed by atoms with Gasteiger partial charge in [-0.15, -0.1) is 5.10 Å². The van der Waals surface area contributed by atoms with Crippen LogP contribution in [0.1, 0.15) is 58.3 Å². The van der Waals surface area contributed by atoms with E-state index in [1.165, 1.54) is 25.7 Å². The second-order valence-electron chi connectivity index (χ2n) is 6.65. The molecule has 0 aromatic carbocycles. The second kappa shape index (κ2) is 5.19. The monoisotopic (exact) mass is 263 g/mol. The highest BCUT2D eigenvalue weighted by Crippen LogP contribution is 2.51. The lowest BCUT2D eigenvalue weighted by Gasteiger charge is -2.28. The predicted octanol–water partition coefficient (Wildman–Crippen LogP) is 2.17. The molecule has 1 aromatic heterocycles. The number of hydrogen-bond donors (Lipinski definition) is 1. The molecule has 4 unspecified atom stereocenters. The first kappa shape index (κ1) is 13.0. The molecular weight excluding hydrogens is 238 g/mol. The van der Waals surface area contributed by atoms with Crippen LogP contribution in [0, 0.1) is 17.8 Å². The maximum Gasteiger partial charge on any atom is 0.165 e. The topological polar surface area (TPSA) is 55.6 Å². The number of aromatic nitrogens is 4. The van der Waals surface area contributed by atoms with Gasteiger partial charge in [0.25, 0.3) is 0 Å². The van der Waals surface area contributed by atoms with Crippen molar-refractivity contribution in [3.63, 3.8) is 0 Å². The minimum Gasteiger partial charge on any atom is -0.308 e. The Kier molecular flexibility index (Phi) is 3.56. The zero-order chi connectivity index (χ0) is 13.4. The van der Waals surface area contributed by atoms with Crippen LogP contribution in [0.15, 0.2) is 0 Å². The van der Waals surface area contributed by atoms with E-state index in [0.717, 1.165) is 30.1 Å². The van der Waals surface area contributed by atoms with Gasteiger partial charge in [0.2, 0.25) is 0 Å². The first-order chi connectivity index (χ1) is 9.15. The SMILES string of the molecule is CC(C)NCc1nnnn1C(C)C1CC2CCC1C2. The number of tetrazole rings is 1. The molecule has 4 atom stereocenters. The summed E-state index contributed by atoms with van der Waals surface area (Å²) in [5.41, 5.74) is 0. The fraction of sp³-hybridized carbons (Fsp3) is 0.929. The van der Waals surface area contributed by atoms with Crippen molar-refractivity contribution in [3.8, 4) is 0 Å². The highest BCUT2D eigenvalue weighted by molar-refractivity contribution is 4.95. The highest BCUT2D eigenvalue weighted by atomic mass is 15.6. The molecule has 106 valence electrons. The van der Waals surface area contributed by atoms with Crippen LogP contribution >= 0.6 is 0 Å². The van der Waals surface area contributed by atoms with E-state index in [1.807, 2.05) is 0 Å². The van der Waals surface area contributed by atoms with Crippen molar-refractivity contribution in [2.75, 3.05) is 0 Å². The summed E-state index contributed by atoms with van der Waals surface area (Å²) >= 11 is 0. The van der Waals surface area contributed by atoms with Gasteiger partial charge in [0.1, 0.15) is 0 Å². The Morgan fingerprint density at radius 2 is 2.11 bits per heavy atom. The van der Waals surface area contributed by atoms with Gasteiger partial charge >= 0.3 is 0 Å². The molecule has 0 spiro atoms. The molecule has 1 heterocycles. The standard InChI is InChI=1S/C14H25N5/c1-9(2)15-8-14-16-17-18-19(14)10(3)13-7-11-4-5-12(13)6-11/h9-13,15H,4-8H2,1-3H3. The Hall–Kier alpha value is -0.970. The molecule has 1 aromatic rings. The molecular formula is C14H25N5. The van der Waals surface area contributed by atoms with Crippen molar-refractivity contribution >= 4 is 0 Å². The zero-order valence-corrected chi connectivity index (χ0v) is 12.2. The van der Waals surface area contributed by atoms with E-state index in [-0.39, 0.29) is 0 Å². The molecule has 19 heavy (non-hydrogen) atoms. The van der Waals surface area contributed by atoms with Gasteiger partial charge < -0.3 is 5.32 Å². The molecule has 3 rings (SSSR count). The smallest absolute Gasteiger partial charge is 0.165 e. The summed E-state index contributed by atoms with van der Waals surface area (Å²) in [5.74, 6) is 3.64. The molecule has 5 heteroatoms. The maximum absolute atomic E-state index is 4.24. The summed E-state index contributed by atoms with van der Waals surface area (Å²) in [6.07, 6.45) is 5.69. The van der Waals surface area contributed by atoms with E-state index >= 15 is 0 Å². The lowest BCUT2D eigenvalue weighted by Crippen LogP contribution is -2.28. The third-order valence-electron chi connectivity index (χ3n) is 5.03. The highest BCUT2D eigenvalue weighted by Gasteiger charge is 2.42. The maximum atomic E-state index is 4.24. The first-order valence-corrected chi connectivity index (χ1v) is 7.65. The summed E-state index contributed by atoms with van der Waals surface area (Å²) in [4.78, 5) is 0. The van der Waals surface area contributed by atoms with Gasteiger partial charge in [-0.25, -0.2) is 4.68 Å². The molecule has 2 bridgehead atoms. The predicted molar refractivity (Wildman–Crippen MR) is 73.4 cm³/mol. The van der Waals surface area contributed by atoms with E-state index in [4.69, 9.17) is 0 Å². The fourth-order valence-corrected chi connectivity index (χ4v) is 4.01. The molecule has 0 radical (unpaired) electrons. The molecule has 1 N–H and O–H groups in total. The third kappa shape index (κ3) is 2.53. The summed E-state index contributed by atoms with van der Waals surface area (Å²) in [6, 6.07) is 0.900. The number of rotatable bonds is 5. The molecule has 0 saturated heterocycles. The third-order valence-corrected chi connectivity index (χ3v) is 5.03. The summed E-state index contributed by atoms with van der Waals surface area (Å²) in [6.45, 7) is 7.34.